The zero-order valence-electron chi connectivity index (χ0n) is 13.8. The highest BCUT2D eigenvalue weighted by Gasteiger charge is 2.35. The molecule has 5 nitrogen and oxygen atoms in total. The molecule has 0 aliphatic heterocycles. The van der Waals surface area contributed by atoms with Gasteiger partial charge in [0.1, 0.15) is 5.41 Å². The van der Waals surface area contributed by atoms with Crippen molar-refractivity contribution in [3.05, 3.63) is 28.2 Å². The predicted octanol–water partition coefficient (Wildman–Crippen LogP) is 2.40. The van der Waals surface area contributed by atoms with Crippen molar-refractivity contribution >= 4 is 33.4 Å². The van der Waals surface area contributed by atoms with Crippen LogP contribution in [0.4, 0.5) is 5.69 Å². The van der Waals surface area contributed by atoms with Crippen molar-refractivity contribution in [3.8, 4) is 0 Å². The van der Waals surface area contributed by atoms with E-state index in [1.54, 1.807) is 13.8 Å². The summed E-state index contributed by atoms with van der Waals surface area (Å²) in [5, 5.41) is 5.58. The van der Waals surface area contributed by atoms with Crippen LogP contribution in [0.5, 0.6) is 0 Å². The van der Waals surface area contributed by atoms with Crippen LogP contribution in [0, 0.1) is 12.3 Å². The summed E-state index contributed by atoms with van der Waals surface area (Å²) in [7, 11) is 3.86. The Morgan fingerprint density at radius 2 is 1.86 bits per heavy atom. The molecule has 122 valence electrons. The Labute approximate surface area is 140 Å². The second-order valence-electron chi connectivity index (χ2n) is 6.10. The molecule has 0 aliphatic rings. The van der Waals surface area contributed by atoms with E-state index in [1.165, 1.54) is 0 Å². The number of hydrogen-bond acceptors (Lipinski definition) is 3. The van der Waals surface area contributed by atoms with Gasteiger partial charge in [-0.2, -0.15) is 0 Å². The van der Waals surface area contributed by atoms with Gasteiger partial charge in [-0.3, -0.25) is 9.59 Å². The third-order valence-electron chi connectivity index (χ3n) is 3.41. The number of likely N-dealkylation sites (N-methyl/N-ethyl adjacent to an activating group) is 1. The van der Waals surface area contributed by atoms with Gasteiger partial charge in [0, 0.05) is 23.2 Å². The standard InChI is InChI=1S/C16H24BrN3O2/c1-11-6-7-12(10-13(11)17)19-15(22)16(2,3)14(21)18-8-9-20(4)5/h6-7,10H,8-9H2,1-5H3,(H,18,21)(H,19,22). The molecular formula is C16H24BrN3O2. The van der Waals surface area contributed by atoms with Crippen LogP contribution < -0.4 is 10.6 Å². The van der Waals surface area contributed by atoms with Gasteiger partial charge in [-0.05, 0) is 52.6 Å². The second-order valence-corrected chi connectivity index (χ2v) is 6.96. The largest absolute Gasteiger partial charge is 0.354 e. The van der Waals surface area contributed by atoms with Gasteiger partial charge in [0.05, 0.1) is 0 Å². The molecule has 1 aromatic carbocycles. The summed E-state index contributed by atoms with van der Waals surface area (Å²) in [5.74, 6) is -0.608. The van der Waals surface area contributed by atoms with Crippen LogP contribution in [0.3, 0.4) is 0 Å². The van der Waals surface area contributed by atoms with Gasteiger partial charge in [-0.15, -0.1) is 0 Å². The van der Waals surface area contributed by atoms with E-state index in [9.17, 15) is 9.59 Å². The number of rotatable bonds is 6. The normalized spacial score (nSPS) is 11.4. The monoisotopic (exact) mass is 369 g/mol. The fourth-order valence-electron chi connectivity index (χ4n) is 1.68. The first kappa shape index (κ1) is 18.6. The van der Waals surface area contributed by atoms with Crippen LogP contribution in [-0.2, 0) is 9.59 Å². The summed E-state index contributed by atoms with van der Waals surface area (Å²) in [4.78, 5) is 26.5. The fourth-order valence-corrected chi connectivity index (χ4v) is 2.05. The number of carbonyl (C=O) groups is 2. The SMILES string of the molecule is Cc1ccc(NC(=O)C(C)(C)C(=O)NCCN(C)C)cc1Br. The lowest BCUT2D eigenvalue weighted by Gasteiger charge is -2.23. The van der Waals surface area contributed by atoms with Crippen LogP contribution in [0.25, 0.3) is 0 Å². The fraction of sp³-hybridized carbons (Fsp3) is 0.500. The lowest BCUT2D eigenvalue weighted by molar-refractivity contribution is -0.138. The Balaban J connectivity index is 2.68. The van der Waals surface area contributed by atoms with Crippen molar-refractivity contribution in [1.29, 1.82) is 0 Å². The number of anilines is 1. The maximum atomic E-state index is 12.4. The van der Waals surface area contributed by atoms with Gasteiger partial charge in [-0.25, -0.2) is 0 Å². The molecule has 0 atom stereocenters. The summed E-state index contributed by atoms with van der Waals surface area (Å²) in [6, 6.07) is 5.55. The van der Waals surface area contributed by atoms with Crippen molar-refractivity contribution < 1.29 is 9.59 Å². The average Bonchev–Trinajstić information content (AvgIpc) is 2.42. The molecule has 0 heterocycles. The number of hydrogen-bond donors (Lipinski definition) is 2. The highest BCUT2D eigenvalue weighted by Crippen LogP contribution is 2.23. The molecule has 0 saturated carbocycles. The van der Waals surface area contributed by atoms with E-state index in [0.29, 0.717) is 12.2 Å². The topological polar surface area (TPSA) is 61.4 Å². The number of carbonyl (C=O) groups excluding carboxylic acids is 2. The smallest absolute Gasteiger partial charge is 0.239 e. The van der Waals surface area contributed by atoms with Crippen LogP contribution in [-0.4, -0.2) is 43.9 Å². The van der Waals surface area contributed by atoms with E-state index in [1.807, 2.05) is 44.1 Å². The molecular weight excluding hydrogens is 346 g/mol. The summed E-state index contributed by atoms with van der Waals surface area (Å²) in [6.45, 7) is 6.46. The average molecular weight is 370 g/mol. The van der Waals surface area contributed by atoms with Gasteiger partial charge in [0.15, 0.2) is 0 Å². The number of nitrogens with zero attached hydrogens (tertiary/aromatic N) is 1. The van der Waals surface area contributed by atoms with E-state index in [0.717, 1.165) is 16.6 Å². The number of nitrogens with one attached hydrogen (secondary N) is 2. The molecule has 6 heteroatoms. The summed E-state index contributed by atoms with van der Waals surface area (Å²) >= 11 is 3.43. The number of amides is 2. The first-order chi connectivity index (χ1) is 10.1. The maximum absolute atomic E-state index is 12.4. The zero-order valence-corrected chi connectivity index (χ0v) is 15.4. The Bertz CT molecular complexity index is 556. The van der Waals surface area contributed by atoms with Gasteiger partial charge in [0.2, 0.25) is 11.8 Å². The second kappa shape index (κ2) is 7.74. The third kappa shape index (κ3) is 5.10. The summed E-state index contributed by atoms with van der Waals surface area (Å²) < 4.78 is 0.915. The van der Waals surface area contributed by atoms with Gasteiger partial charge in [0.25, 0.3) is 0 Å². The lowest BCUT2D eigenvalue weighted by atomic mass is 9.91. The molecule has 0 unspecified atom stereocenters. The minimum absolute atomic E-state index is 0.280. The summed E-state index contributed by atoms with van der Waals surface area (Å²) in [5.41, 5.74) is 0.610. The van der Waals surface area contributed by atoms with E-state index in [-0.39, 0.29) is 11.8 Å². The molecule has 0 radical (unpaired) electrons. The lowest BCUT2D eigenvalue weighted by Crippen LogP contribution is -2.46. The molecule has 2 N–H and O–H groups in total. The molecule has 0 aliphatic carbocycles. The van der Waals surface area contributed by atoms with Crippen molar-refractivity contribution in [2.45, 2.75) is 20.8 Å². The zero-order chi connectivity index (χ0) is 16.9. The summed E-state index contributed by atoms with van der Waals surface area (Å²) in [6.07, 6.45) is 0. The molecule has 0 bridgehead atoms. The van der Waals surface area contributed by atoms with Crippen molar-refractivity contribution in [2.75, 3.05) is 32.5 Å². The van der Waals surface area contributed by atoms with E-state index in [2.05, 4.69) is 26.6 Å². The number of aryl methyl sites for hydroxylation is 1. The van der Waals surface area contributed by atoms with Gasteiger partial charge < -0.3 is 15.5 Å². The highest BCUT2D eigenvalue weighted by atomic mass is 79.9. The molecule has 22 heavy (non-hydrogen) atoms. The van der Waals surface area contributed by atoms with Crippen LogP contribution in [0.1, 0.15) is 19.4 Å². The molecule has 0 fully saturated rings. The van der Waals surface area contributed by atoms with Crippen molar-refractivity contribution in [1.82, 2.24) is 10.2 Å². The first-order valence-corrected chi connectivity index (χ1v) is 7.94. The molecule has 0 aromatic heterocycles. The third-order valence-corrected chi connectivity index (χ3v) is 4.26. The van der Waals surface area contributed by atoms with Gasteiger partial charge >= 0.3 is 0 Å². The van der Waals surface area contributed by atoms with Crippen molar-refractivity contribution in [3.63, 3.8) is 0 Å². The Morgan fingerprint density at radius 1 is 1.23 bits per heavy atom. The predicted molar refractivity (Wildman–Crippen MR) is 92.9 cm³/mol. The van der Waals surface area contributed by atoms with Gasteiger partial charge in [-0.1, -0.05) is 22.0 Å². The minimum Gasteiger partial charge on any atom is -0.354 e. The minimum atomic E-state index is -1.14. The van der Waals surface area contributed by atoms with Crippen LogP contribution >= 0.6 is 15.9 Å². The molecule has 1 aromatic rings. The van der Waals surface area contributed by atoms with E-state index < -0.39 is 5.41 Å². The number of halogens is 1. The molecule has 0 spiro atoms. The van der Waals surface area contributed by atoms with Crippen LogP contribution in [0.15, 0.2) is 22.7 Å². The Morgan fingerprint density at radius 3 is 2.41 bits per heavy atom. The van der Waals surface area contributed by atoms with E-state index in [4.69, 9.17) is 0 Å². The van der Waals surface area contributed by atoms with Crippen LogP contribution in [0.2, 0.25) is 0 Å². The van der Waals surface area contributed by atoms with Crippen molar-refractivity contribution in [2.24, 2.45) is 5.41 Å². The molecule has 2 amide bonds. The molecule has 1 rings (SSSR count). The van der Waals surface area contributed by atoms with E-state index >= 15 is 0 Å². The first-order valence-electron chi connectivity index (χ1n) is 7.15. The molecule has 0 saturated heterocycles. The Kier molecular flexibility index (Phi) is 6.56. The maximum Gasteiger partial charge on any atom is 0.239 e. The Hall–Kier alpha value is -1.40. The highest BCUT2D eigenvalue weighted by molar-refractivity contribution is 9.10. The quantitative estimate of drug-likeness (QED) is 0.756. The number of benzene rings is 1.